The summed E-state index contributed by atoms with van der Waals surface area (Å²) in [6, 6.07) is 6.76. The summed E-state index contributed by atoms with van der Waals surface area (Å²) in [5.74, 6) is 0.992. The van der Waals surface area contributed by atoms with Gasteiger partial charge in [-0.2, -0.15) is 0 Å². The van der Waals surface area contributed by atoms with E-state index in [1.807, 2.05) is 6.07 Å². The highest BCUT2D eigenvalue weighted by Gasteiger charge is 2.23. The fourth-order valence-electron chi connectivity index (χ4n) is 2.24. The Morgan fingerprint density at radius 1 is 1.44 bits per heavy atom. The van der Waals surface area contributed by atoms with Crippen molar-refractivity contribution in [3.8, 4) is 0 Å². The van der Waals surface area contributed by atoms with Gasteiger partial charge in [0.25, 0.3) is 0 Å². The summed E-state index contributed by atoms with van der Waals surface area (Å²) in [5.41, 5.74) is 1.35. The third-order valence-electron chi connectivity index (χ3n) is 3.55. The monoisotopic (exact) mass is 329 g/mol. The van der Waals surface area contributed by atoms with Crippen LogP contribution in [0.15, 0.2) is 22.7 Å². The van der Waals surface area contributed by atoms with Crippen LogP contribution in [0.5, 0.6) is 0 Å². The van der Waals surface area contributed by atoms with Crippen molar-refractivity contribution in [3.05, 3.63) is 33.3 Å². The lowest BCUT2D eigenvalue weighted by Gasteiger charge is -2.19. The fourth-order valence-corrected chi connectivity index (χ4v) is 2.76. The van der Waals surface area contributed by atoms with Crippen molar-refractivity contribution in [2.45, 2.75) is 45.1 Å². The first-order valence-corrected chi connectivity index (χ1v) is 8.06. The number of hydrogen-bond donors (Lipinski definition) is 1. The van der Waals surface area contributed by atoms with Crippen LogP contribution in [-0.4, -0.2) is 6.54 Å². The van der Waals surface area contributed by atoms with Crippen LogP contribution < -0.4 is 5.32 Å². The molecular weight excluding hydrogens is 310 g/mol. The summed E-state index contributed by atoms with van der Waals surface area (Å²) in [5, 5.41) is 4.44. The van der Waals surface area contributed by atoms with E-state index in [4.69, 9.17) is 11.6 Å². The van der Waals surface area contributed by atoms with Crippen LogP contribution in [0, 0.1) is 5.92 Å². The van der Waals surface area contributed by atoms with E-state index >= 15 is 0 Å². The zero-order valence-corrected chi connectivity index (χ0v) is 13.2. The molecule has 1 saturated carbocycles. The van der Waals surface area contributed by atoms with Crippen molar-refractivity contribution in [1.82, 2.24) is 5.32 Å². The minimum atomic E-state index is 0.471. The molecule has 0 amide bonds. The van der Waals surface area contributed by atoms with Gasteiger partial charge in [0, 0.05) is 10.5 Å². The van der Waals surface area contributed by atoms with Crippen LogP contribution in [0.1, 0.15) is 50.6 Å². The highest BCUT2D eigenvalue weighted by molar-refractivity contribution is 9.10. The summed E-state index contributed by atoms with van der Waals surface area (Å²) < 4.78 is 0.997. The molecule has 0 aliphatic heterocycles. The Bertz CT molecular complexity index is 390. The molecule has 3 heteroatoms. The molecule has 100 valence electrons. The lowest BCUT2D eigenvalue weighted by Crippen LogP contribution is -2.22. The van der Waals surface area contributed by atoms with E-state index in [2.05, 4.69) is 40.3 Å². The van der Waals surface area contributed by atoms with E-state index in [0.717, 1.165) is 22.0 Å². The minimum Gasteiger partial charge on any atom is -0.310 e. The van der Waals surface area contributed by atoms with Crippen molar-refractivity contribution in [2.24, 2.45) is 5.92 Å². The largest absolute Gasteiger partial charge is 0.310 e. The van der Waals surface area contributed by atoms with Gasteiger partial charge in [0.1, 0.15) is 0 Å². The van der Waals surface area contributed by atoms with Crippen LogP contribution in [0.4, 0.5) is 0 Å². The maximum absolute atomic E-state index is 6.06. The number of rotatable bonds is 7. The molecule has 0 radical (unpaired) electrons. The molecule has 1 atom stereocenters. The predicted octanol–water partition coefficient (Wildman–Crippen LogP) is 5.33. The average Bonchev–Trinajstić information content (AvgIpc) is 3.17. The van der Waals surface area contributed by atoms with Crippen LogP contribution in [0.25, 0.3) is 0 Å². The molecule has 0 aromatic heterocycles. The average molecular weight is 331 g/mol. The third kappa shape index (κ3) is 4.25. The Hall–Kier alpha value is -0.0500. The zero-order chi connectivity index (χ0) is 13.0. The molecule has 0 bridgehead atoms. The standard InChI is InChI=1S/C15H21BrClN/c1-2-9-18-15(8-5-11-3-4-11)12-6-7-14(17)13(16)10-12/h6-7,10-11,15,18H,2-5,8-9H2,1H3. The SMILES string of the molecule is CCCNC(CCC1CC1)c1ccc(Cl)c(Br)c1. The Kier molecular flexibility index (Phi) is 5.53. The molecule has 18 heavy (non-hydrogen) atoms. The van der Waals surface area contributed by atoms with Gasteiger partial charge in [-0.3, -0.25) is 0 Å². The minimum absolute atomic E-state index is 0.471. The van der Waals surface area contributed by atoms with Crippen LogP contribution in [-0.2, 0) is 0 Å². The van der Waals surface area contributed by atoms with Gasteiger partial charge >= 0.3 is 0 Å². The van der Waals surface area contributed by atoms with Crippen molar-refractivity contribution in [1.29, 1.82) is 0 Å². The number of benzene rings is 1. The molecule has 1 N–H and O–H groups in total. The van der Waals surface area contributed by atoms with Crippen molar-refractivity contribution in [2.75, 3.05) is 6.54 Å². The second-order valence-electron chi connectivity index (χ2n) is 5.20. The van der Waals surface area contributed by atoms with E-state index in [9.17, 15) is 0 Å². The number of halogens is 2. The van der Waals surface area contributed by atoms with E-state index in [0.29, 0.717) is 6.04 Å². The number of nitrogens with one attached hydrogen (secondary N) is 1. The summed E-state index contributed by atoms with van der Waals surface area (Å²) in [6.07, 6.45) is 6.63. The maximum Gasteiger partial charge on any atom is 0.0548 e. The summed E-state index contributed by atoms with van der Waals surface area (Å²) in [6.45, 7) is 3.29. The first-order valence-electron chi connectivity index (χ1n) is 6.89. The van der Waals surface area contributed by atoms with Gasteiger partial charge in [0.2, 0.25) is 0 Å². The second kappa shape index (κ2) is 6.93. The third-order valence-corrected chi connectivity index (χ3v) is 4.76. The Balaban J connectivity index is 2.01. The van der Waals surface area contributed by atoms with Gasteiger partial charge < -0.3 is 5.32 Å². The molecule has 1 unspecified atom stereocenters. The van der Waals surface area contributed by atoms with Crippen LogP contribution in [0.3, 0.4) is 0 Å². The lowest BCUT2D eigenvalue weighted by molar-refractivity contribution is 0.470. The second-order valence-corrected chi connectivity index (χ2v) is 6.46. The van der Waals surface area contributed by atoms with Gasteiger partial charge in [-0.15, -0.1) is 0 Å². The predicted molar refractivity (Wildman–Crippen MR) is 82.1 cm³/mol. The van der Waals surface area contributed by atoms with E-state index in [1.165, 1.54) is 37.7 Å². The van der Waals surface area contributed by atoms with Crippen LogP contribution >= 0.6 is 27.5 Å². The van der Waals surface area contributed by atoms with Gasteiger partial charge in [-0.25, -0.2) is 0 Å². The first kappa shape index (κ1) is 14.4. The summed E-state index contributed by atoms with van der Waals surface area (Å²) >= 11 is 9.58. The van der Waals surface area contributed by atoms with Crippen molar-refractivity contribution >= 4 is 27.5 Å². The van der Waals surface area contributed by atoms with Gasteiger partial charge in [-0.05, 0) is 65.4 Å². The number of hydrogen-bond acceptors (Lipinski definition) is 1. The maximum atomic E-state index is 6.06. The Labute approximate surface area is 123 Å². The smallest absolute Gasteiger partial charge is 0.0548 e. The van der Waals surface area contributed by atoms with E-state index in [-0.39, 0.29) is 0 Å². The van der Waals surface area contributed by atoms with Gasteiger partial charge in [-0.1, -0.05) is 37.4 Å². The van der Waals surface area contributed by atoms with Gasteiger partial charge in [0.15, 0.2) is 0 Å². The molecular formula is C15H21BrClN. The molecule has 1 fully saturated rings. The molecule has 2 rings (SSSR count). The van der Waals surface area contributed by atoms with Crippen molar-refractivity contribution < 1.29 is 0 Å². The molecule has 1 aliphatic rings. The molecule has 1 nitrogen and oxygen atoms in total. The Morgan fingerprint density at radius 3 is 2.83 bits per heavy atom. The first-order chi connectivity index (χ1) is 8.70. The molecule has 1 aromatic carbocycles. The molecule has 0 saturated heterocycles. The Morgan fingerprint density at radius 2 is 2.22 bits per heavy atom. The van der Waals surface area contributed by atoms with E-state index in [1.54, 1.807) is 0 Å². The highest BCUT2D eigenvalue weighted by Crippen LogP contribution is 2.36. The van der Waals surface area contributed by atoms with Gasteiger partial charge in [0.05, 0.1) is 5.02 Å². The zero-order valence-electron chi connectivity index (χ0n) is 10.9. The quantitative estimate of drug-likeness (QED) is 0.712. The lowest BCUT2D eigenvalue weighted by atomic mass is 10.0. The molecule has 1 aromatic rings. The normalized spacial score (nSPS) is 16.8. The topological polar surface area (TPSA) is 12.0 Å². The molecule has 0 spiro atoms. The fraction of sp³-hybridized carbons (Fsp3) is 0.600. The molecule has 1 aliphatic carbocycles. The summed E-state index contributed by atoms with van der Waals surface area (Å²) in [4.78, 5) is 0. The highest BCUT2D eigenvalue weighted by atomic mass is 79.9. The van der Waals surface area contributed by atoms with Crippen molar-refractivity contribution in [3.63, 3.8) is 0 Å². The van der Waals surface area contributed by atoms with E-state index < -0.39 is 0 Å². The molecule has 0 heterocycles. The summed E-state index contributed by atoms with van der Waals surface area (Å²) in [7, 11) is 0. The van der Waals surface area contributed by atoms with Crippen LogP contribution in [0.2, 0.25) is 5.02 Å².